The molecule has 0 fully saturated rings. The van der Waals surface area contributed by atoms with E-state index in [1.54, 1.807) is 0 Å². The molecular weight excluding hydrogens is 205 g/mol. The van der Waals surface area contributed by atoms with Crippen LogP contribution in [0.25, 0.3) is 0 Å². The van der Waals surface area contributed by atoms with Crippen molar-refractivity contribution in [1.29, 1.82) is 5.26 Å². The molecule has 1 aromatic carbocycles. The van der Waals surface area contributed by atoms with Crippen LogP contribution in [0, 0.1) is 17.1 Å². The largest absolute Gasteiger partial charge is 0.491 e. The molecule has 0 saturated carbocycles. The summed E-state index contributed by atoms with van der Waals surface area (Å²) in [4.78, 5) is 0. The number of hydrogen-bond donors (Lipinski definition) is 0. The molecule has 4 heteroatoms. The van der Waals surface area contributed by atoms with Crippen LogP contribution in [0.3, 0.4) is 0 Å². The van der Waals surface area contributed by atoms with Crippen molar-refractivity contribution >= 4 is 11.6 Å². The van der Waals surface area contributed by atoms with Crippen LogP contribution in [0.15, 0.2) is 12.1 Å². The van der Waals surface area contributed by atoms with Gasteiger partial charge in [0.05, 0.1) is 17.2 Å². The van der Waals surface area contributed by atoms with Crippen LogP contribution in [-0.4, -0.2) is 6.61 Å². The molecule has 1 aromatic rings. The van der Waals surface area contributed by atoms with Crippen molar-refractivity contribution in [2.75, 3.05) is 6.61 Å². The molecule has 0 saturated heterocycles. The summed E-state index contributed by atoms with van der Waals surface area (Å²) >= 11 is 5.73. The maximum atomic E-state index is 12.8. The summed E-state index contributed by atoms with van der Waals surface area (Å²) in [5.74, 6) is -0.271. The van der Waals surface area contributed by atoms with Gasteiger partial charge in [-0.2, -0.15) is 5.26 Å². The van der Waals surface area contributed by atoms with Gasteiger partial charge in [0, 0.05) is 0 Å². The van der Waals surface area contributed by atoms with E-state index in [4.69, 9.17) is 21.6 Å². The molecule has 74 valence electrons. The first-order valence-electron chi connectivity index (χ1n) is 4.21. The highest BCUT2D eigenvalue weighted by Crippen LogP contribution is 2.29. The summed E-state index contributed by atoms with van der Waals surface area (Å²) in [6.45, 7) is 2.39. The molecule has 0 N–H and O–H groups in total. The van der Waals surface area contributed by atoms with Crippen LogP contribution in [-0.2, 0) is 0 Å². The summed E-state index contributed by atoms with van der Waals surface area (Å²) in [5.41, 5.74) is 0.128. The number of nitrogens with zero attached hydrogens (tertiary/aromatic N) is 1. The monoisotopic (exact) mass is 213 g/mol. The first-order valence-corrected chi connectivity index (χ1v) is 4.58. The fourth-order valence-corrected chi connectivity index (χ4v) is 1.25. The highest BCUT2D eigenvalue weighted by atomic mass is 35.5. The van der Waals surface area contributed by atoms with Gasteiger partial charge < -0.3 is 4.74 Å². The van der Waals surface area contributed by atoms with E-state index in [-0.39, 0.29) is 16.3 Å². The summed E-state index contributed by atoms with van der Waals surface area (Å²) in [6.07, 6.45) is 0.804. The van der Waals surface area contributed by atoms with Crippen molar-refractivity contribution < 1.29 is 9.13 Å². The molecule has 0 heterocycles. The van der Waals surface area contributed by atoms with Gasteiger partial charge in [-0.05, 0) is 18.6 Å². The second-order valence-corrected chi connectivity index (χ2v) is 3.13. The Kier molecular flexibility index (Phi) is 3.73. The van der Waals surface area contributed by atoms with E-state index in [1.165, 1.54) is 0 Å². The van der Waals surface area contributed by atoms with Gasteiger partial charge in [-0.1, -0.05) is 18.5 Å². The Labute approximate surface area is 86.9 Å². The van der Waals surface area contributed by atoms with E-state index < -0.39 is 5.82 Å². The Morgan fingerprint density at radius 2 is 2.29 bits per heavy atom. The van der Waals surface area contributed by atoms with Gasteiger partial charge in [0.15, 0.2) is 5.75 Å². The van der Waals surface area contributed by atoms with E-state index in [0.717, 1.165) is 18.6 Å². The standard InChI is InChI=1S/C10H9ClFNO/c1-2-3-14-10-7(6-13)4-8(12)5-9(10)11/h4-5H,2-3H2,1H3. The van der Waals surface area contributed by atoms with E-state index in [2.05, 4.69) is 0 Å². The van der Waals surface area contributed by atoms with Gasteiger partial charge in [-0.15, -0.1) is 0 Å². The SMILES string of the molecule is CCCOc1c(Cl)cc(F)cc1C#N. The van der Waals surface area contributed by atoms with Crippen molar-refractivity contribution in [3.63, 3.8) is 0 Å². The predicted molar refractivity (Wildman–Crippen MR) is 51.9 cm³/mol. The van der Waals surface area contributed by atoms with Gasteiger partial charge in [-0.3, -0.25) is 0 Å². The molecule has 0 bridgehead atoms. The molecule has 0 spiro atoms. The Morgan fingerprint density at radius 3 is 2.86 bits per heavy atom. The normalized spacial score (nSPS) is 9.57. The van der Waals surface area contributed by atoms with Crippen LogP contribution in [0.4, 0.5) is 4.39 Å². The quantitative estimate of drug-likeness (QED) is 0.773. The minimum absolute atomic E-state index is 0.128. The summed E-state index contributed by atoms with van der Waals surface area (Å²) in [5, 5.41) is 8.85. The lowest BCUT2D eigenvalue weighted by Crippen LogP contribution is -1.98. The van der Waals surface area contributed by atoms with E-state index >= 15 is 0 Å². The highest BCUT2D eigenvalue weighted by Gasteiger charge is 2.10. The van der Waals surface area contributed by atoms with Gasteiger partial charge in [0.2, 0.25) is 0 Å². The third-order valence-electron chi connectivity index (χ3n) is 1.58. The summed E-state index contributed by atoms with van der Waals surface area (Å²) < 4.78 is 18.1. The summed E-state index contributed by atoms with van der Waals surface area (Å²) in [6, 6.07) is 4.08. The molecule has 0 atom stereocenters. The maximum Gasteiger partial charge on any atom is 0.155 e. The molecule has 0 amide bonds. The van der Waals surface area contributed by atoms with E-state index in [0.29, 0.717) is 6.61 Å². The van der Waals surface area contributed by atoms with Crippen molar-refractivity contribution in [1.82, 2.24) is 0 Å². The van der Waals surface area contributed by atoms with Crippen molar-refractivity contribution in [3.05, 3.63) is 28.5 Å². The van der Waals surface area contributed by atoms with Crippen LogP contribution in [0.1, 0.15) is 18.9 Å². The zero-order chi connectivity index (χ0) is 10.6. The number of ether oxygens (including phenoxy) is 1. The summed E-state index contributed by atoms with van der Waals surface area (Å²) in [7, 11) is 0. The maximum absolute atomic E-state index is 12.8. The van der Waals surface area contributed by atoms with Gasteiger partial charge >= 0.3 is 0 Å². The number of rotatable bonds is 3. The first kappa shape index (κ1) is 10.8. The lowest BCUT2D eigenvalue weighted by molar-refractivity contribution is 0.316. The second-order valence-electron chi connectivity index (χ2n) is 2.72. The van der Waals surface area contributed by atoms with Gasteiger partial charge in [0.1, 0.15) is 11.9 Å². The smallest absolute Gasteiger partial charge is 0.155 e. The Bertz CT molecular complexity index is 373. The molecule has 0 aliphatic rings. The van der Waals surface area contributed by atoms with Crippen LogP contribution in [0.2, 0.25) is 5.02 Å². The van der Waals surface area contributed by atoms with Gasteiger partial charge in [-0.25, -0.2) is 4.39 Å². The molecule has 0 aliphatic carbocycles. The molecule has 2 nitrogen and oxygen atoms in total. The number of nitriles is 1. The lowest BCUT2D eigenvalue weighted by Gasteiger charge is -2.08. The molecule has 1 rings (SSSR count). The van der Waals surface area contributed by atoms with Crippen molar-refractivity contribution in [2.24, 2.45) is 0 Å². The first-order chi connectivity index (χ1) is 6.69. The fourth-order valence-electron chi connectivity index (χ4n) is 0.994. The third kappa shape index (κ3) is 2.36. The van der Waals surface area contributed by atoms with Crippen LogP contribution >= 0.6 is 11.6 Å². The topological polar surface area (TPSA) is 33.0 Å². The predicted octanol–water partition coefficient (Wildman–Crippen LogP) is 3.14. The zero-order valence-corrected chi connectivity index (χ0v) is 8.44. The molecule has 0 aromatic heterocycles. The number of halogens is 2. The average Bonchev–Trinajstić information content (AvgIpc) is 2.15. The molecule has 14 heavy (non-hydrogen) atoms. The molecular formula is C10H9ClFNO. The third-order valence-corrected chi connectivity index (χ3v) is 1.86. The molecule has 0 radical (unpaired) electrons. The van der Waals surface area contributed by atoms with E-state index in [9.17, 15) is 4.39 Å². The number of hydrogen-bond acceptors (Lipinski definition) is 2. The van der Waals surface area contributed by atoms with Gasteiger partial charge in [0.25, 0.3) is 0 Å². The highest BCUT2D eigenvalue weighted by molar-refractivity contribution is 6.32. The van der Waals surface area contributed by atoms with E-state index in [1.807, 2.05) is 13.0 Å². The minimum Gasteiger partial charge on any atom is -0.491 e. The van der Waals surface area contributed by atoms with Crippen molar-refractivity contribution in [2.45, 2.75) is 13.3 Å². The average molecular weight is 214 g/mol. The lowest BCUT2D eigenvalue weighted by atomic mass is 10.2. The fraction of sp³-hybridized carbons (Fsp3) is 0.300. The van der Waals surface area contributed by atoms with Crippen LogP contribution in [0.5, 0.6) is 5.75 Å². The molecule has 0 unspecified atom stereocenters. The Morgan fingerprint density at radius 1 is 1.57 bits per heavy atom. The molecule has 0 aliphatic heterocycles. The van der Waals surface area contributed by atoms with Crippen LogP contribution < -0.4 is 4.74 Å². The zero-order valence-electron chi connectivity index (χ0n) is 7.68. The second kappa shape index (κ2) is 4.83. The minimum atomic E-state index is -0.532. The Hall–Kier alpha value is -1.27. The number of benzene rings is 1. The Balaban J connectivity index is 3.07. The van der Waals surface area contributed by atoms with Crippen molar-refractivity contribution in [3.8, 4) is 11.8 Å².